The van der Waals surface area contributed by atoms with Gasteiger partial charge >= 0.3 is 0 Å². The Morgan fingerprint density at radius 1 is 1.60 bits per heavy atom. The lowest BCUT2D eigenvalue weighted by Gasteiger charge is -1.85. The van der Waals surface area contributed by atoms with Crippen LogP contribution in [0.15, 0.2) is 18.8 Å². The van der Waals surface area contributed by atoms with E-state index in [-0.39, 0.29) is 0 Å². The Bertz CT molecular complexity index is 239. The summed E-state index contributed by atoms with van der Waals surface area (Å²) in [5.41, 5.74) is 0.868. The van der Waals surface area contributed by atoms with E-state index in [0.29, 0.717) is 0 Å². The third-order valence-corrected chi connectivity index (χ3v) is 3.65. The van der Waals surface area contributed by atoms with Crippen molar-refractivity contribution >= 4 is 49.4 Å². The lowest BCUT2D eigenvalue weighted by atomic mass is 10.4. The number of hydrogen-bond acceptors (Lipinski definition) is 3. The molecule has 0 bridgehead atoms. The predicted octanol–water partition coefficient (Wildman–Crippen LogP) is 3.08. The summed E-state index contributed by atoms with van der Waals surface area (Å²) in [5.74, 6) is 0. The van der Waals surface area contributed by atoms with Crippen molar-refractivity contribution in [2.45, 2.75) is 0 Å². The lowest BCUT2D eigenvalue weighted by Crippen LogP contribution is -1.76. The maximum absolute atomic E-state index is 8.22. The van der Waals surface area contributed by atoms with Gasteiger partial charge in [0, 0.05) is 15.4 Å². The summed E-state index contributed by atoms with van der Waals surface area (Å²) in [6.07, 6.45) is 1.38. The van der Waals surface area contributed by atoms with E-state index in [1.807, 2.05) is 5.38 Å². The number of hydrogen-bond donors (Lipinski definition) is 1. The van der Waals surface area contributed by atoms with Gasteiger partial charge in [0.2, 0.25) is 0 Å². The fourth-order valence-corrected chi connectivity index (χ4v) is 2.69. The second-order valence-corrected chi connectivity index (χ2v) is 4.57. The molecule has 0 atom stereocenters. The van der Waals surface area contributed by atoms with Gasteiger partial charge in [-0.3, -0.25) is 0 Å². The average molecular weight is 285 g/mol. The molecule has 54 valence electrons. The number of halogens is 2. The number of rotatable bonds is 1. The van der Waals surface area contributed by atoms with Crippen LogP contribution in [-0.4, -0.2) is 11.4 Å². The van der Waals surface area contributed by atoms with Gasteiger partial charge in [0.05, 0.1) is 10.0 Å². The first-order chi connectivity index (χ1) is 4.75. The van der Waals surface area contributed by atoms with E-state index in [2.05, 4.69) is 37.0 Å². The van der Waals surface area contributed by atoms with Crippen LogP contribution >= 0.6 is 43.2 Å². The molecular weight excluding hydrogens is 282 g/mol. The van der Waals surface area contributed by atoms with E-state index in [4.69, 9.17) is 5.21 Å². The van der Waals surface area contributed by atoms with Crippen LogP contribution in [0.1, 0.15) is 5.56 Å². The summed E-state index contributed by atoms with van der Waals surface area (Å²) < 4.78 is 1.89. The van der Waals surface area contributed by atoms with Crippen LogP contribution in [0.2, 0.25) is 0 Å². The fourth-order valence-electron chi connectivity index (χ4n) is 0.494. The highest BCUT2D eigenvalue weighted by Crippen LogP contribution is 2.30. The highest BCUT2D eigenvalue weighted by Gasteiger charge is 2.03. The minimum atomic E-state index is 0.868. The molecule has 0 amide bonds. The van der Waals surface area contributed by atoms with Crippen LogP contribution in [-0.2, 0) is 0 Å². The van der Waals surface area contributed by atoms with Gasteiger partial charge in [-0.15, -0.1) is 11.3 Å². The topological polar surface area (TPSA) is 32.6 Å². The summed E-state index contributed by atoms with van der Waals surface area (Å²) in [6.45, 7) is 0. The van der Waals surface area contributed by atoms with Gasteiger partial charge in [0.1, 0.15) is 0 Å². The fraction of sp³-hybridized carbons (Fsp3) is 0. The van der Waals surface area contributed by atoms with Crippen molar-refractivity contribution in [3.8, 4) is 0 Å². The maximum atomic E-state index is 8.22. The molecular formula is C5H3Br2NOS. The molecule has 10 heavy (non-hydrogen) atoms. The van der Waals surface area contributed by atoms with Crippen molar-refractivity contribution < 1.29 is 5.21 Å². The summed E-state index contributed by atoms with van der Waals surface area (Å²) in [4.78, 5) is 0. The van der Waals surface area contributed by atoms with Gasteiger partial charge in [-0.1, -0.05) is 5.16 Å². The minimum absolute atomic E-state index is 0.868. The Balaban J connectivity index is 3.10. The molecule has 0 aliphatic rings. The SMILES string of the molecule is ON=Cc1c(Br)csc1Br. The highest BCUT2D eigenvalue weighted by molar-refractivity contribution is 9.11. The maximum Gasteiger partial charge on any atom is 0.0799 e. The summed E-state index contributed by atoms with van der Waals surface area (Å²) in [5, 5.41) is 13.1. The highest BCUT2D eigenvalue weighted by atomic mass is 79.9. The quantitative estimate of drug-likeness (QED) is 0.480. The molecule has 0 aliphatic carbocycles. The minimum Gasteiger partial charge on any atom is -0.411 e. The summed E-state index contributed by atoms with van der Waals surface area (Å²) >= 11 is 8.14. The molecule has 1 aromatic rings. The van der Waals surface area contributed by atoms with E-state index in [9.17, 15) is 0 Å². The van der Waals surface area contributed by atoms with Crippen LogP contribution in [0.25, 0.3) is 0 Å². The molecule has 0 aromatic carbocycles. The first kappa shape index (κ1) is 8.23. The zero-order valence-corrected chi connectivity index (χ0v) is 8.70. The average Bonchev–Trinajstić information content (AvgIpc) is 2.20. The Labute approximate surface area is 78.8 Å². The molecule has 0 fully saturated rings. The van der Waals surface area contributed by atoms with Gasteiger partial charge in [-0.2, -0.15) is 0 Å². The van der Waals surface area contributed by atoms with Gasteiger partial charge < -0.3 is 5.21 Å². The van der Waals surface area contributed by atoms with Gasteiger partial charge in [-0.25, -0.2) is 0 Å². The largest absolute Gasteiger partial charge is 0.411 e. The molecule has 0 saturated heterocycles. The van der Waals surface area contributed by atoms with Crippen molar-refractivity contribution in [2.24, 2.45) is 5.16 Å². The zero-order chi connectivity index (χ0) is 7.56. The molecule has 1 heterocycles. The van der Waals surface area contributed by atoms with Crippen molar-refractivity contribution in [1.82, 2.24) is 0 Å². The number of nitrogens with zero attached hydrogens (tertiary/aromatic N) is 1. The van der Waals surface area contributed by atoms with Gasteiger partial charge in [-0.05, 0) is 31.9 Å². The molecule has 0 saturated carbocycles. The molecule has 1 N–H and O–H groups in total. The third kappa shape index (κ3) is 1.59. The van der Waals surface area contributed by atoms with Crippen LogP contribution in [0, 0.1) is 0 Å². The van der Waals surface area contributed by atoms with Crippen LogP contribution < -0.4 is 0 Å². The Morgan fingerprint density at radius 3 is 2.70 bits per heavy atom. The van der Waals surface area contributed by atoms with E-state index in [1.54, 1.807) is 0 Å². The Kier molecular flexibility index (Phi) is 2.88. The molecule has 1 aromatic heterocycles. The van der Waals surface area contributed by atoms with Crippen molar-refractivity contribution in [2.75, 3.05) is 0 Å². The molecule has 0 spiro atoms. The monoisotopic (exact) mass is 283 g/mol. The van der Waals surface area contributed by atoms with E-state index in [1.165, 1.54) is 17.6 Å². The van der Waals surface area contributed by atoms with Crippen molar-refractivity contribution in [1.29, 1.82) is 0 Å². The zero-order valence-electron chi connectivity index (χ0n) is 4.71. The number of oxime groups is 1. The Morgan fingerprint density at radius 2 is 2.30 bits per heavy atom. The van der Waals surface area contributed by atoms with Crippen molar-refractivity contribution in [3.63, 3.8) is 0 Å². The third-order valence-electron chi connectivity index (χ3n) is 0.922. The second kappa shape index (κ2) is 3.50. The van der Waals surface area contributed by atoms with Crippen LogP contribution in [0.3, 0.4) is 0 Å². The van der Waals surface area contributed by atoms with E-state index >= 15 is 0 Å². The molecule has 5 heteroatoms. The number of thiophene rings is 1. The summed E-state index contributed by atoms with van der Waals surface area (Å²) in [7, 11) is 0. The standard InChI is InChI=1S/C5H3Br2NOS/c6-4-2-10-5(7)3(4)1-8-9/h1-2,9H. The lowest BCUT2D eigenvalue weighted by molar-refractivity contribution is 0.322. The molecule has 2 nitrogen and oxygen atoms in total. The van der Waals surface area contributed by atoms with Crippen molar-refractivity contribution in [3.05, 3.63) is 19.2 Å². The smallest absolute Gasteiger partial charge is 0.0799 e. The second-order valence-electron chi connectivity index (χ2n) is 1.52. The van der Waals surface area contributed by atoms with E-state index < -0.39 is 0 Å². The van der Waals surface area contributed by atoms with Gasteiger partial charge in [0.15, 0.2) is 0 Å². The first-order valence-corrected chi connectivity index (χ1v) is 4.82. The normalized spacial score (nSPS) is 11.0. The van der Waals surface area contributed by atoms with Crippen LogP contribution in [0.4, 0.5) is 0 Å². The van der Waals surface area contributed by atoms with Crippen LogP contribution in [0.5, 0.6) is 0 Å². The molecule has 1 rings (SSSR count). The Hall–Kier alpha value is 0.130. The predicted molar refractivity (Wildman–Crippen MR) is 49.1 cm³/mol. The molecule has 0 radical (unpaired) electrons. The summed E-state index contributed by atoms with van der Waals surface area (Å²) in [6, 6.07) is 0. The van der Waals surface area contributed by atoms with E-state index in [0.717, 1.165) is 13.8 Å². The molecule has 0 aliphatic heterocycles. The first-order valence-electron chi connectivity index (χ1n) is 2.35. The molecule has 0 unspecified atom stereocenters. The van der Waals surface area contributed by atoms with Gasteiger partial charge in [0.25, 0.3) is 0 Å².